The zero-order valence-corrected chi connectivity index (χ0v) is 14.7. The van der Waals surface area contributed by atoms with E-state index >= 15 is 0 Å². The lowest BCUT2D eigenvalue weighted by molar-refractivity contribution is -0.120. The van der Waals surface area contributed by atoms with Crippen molar-refractivity contribution in [3.8, 4) is 11.5 Å². The van der Waals surface area contributed by atoms with Crippen molar-refractivity contribution >= 4 is 17.6 Å². The first-order chi connectivity index (χ1) is 12.6. The second-order valence-corrected chi connectivity index (χ2v) is 5.17. The predicted molar refractivity (Wildman–Crippen MR) is 95.7 cm³/mol. The Labute approximate surface area is 151 Å². The normalized spacial score (nSPS) is 10.1. The lowest BCUT2D eigenvalue weighted by atomic mass is 10.1. The highest BCUT2D eigenvalue weighted by molar-refractivity contribution is 6.01. The van der Waals surface area contributed by atoms with E-state index in [1.54, 1.807) is 12.1 Å². The number of rotatable bonds is 9. The van der Waals surface area contributed by atoms with Gasteiger partial charge >= 0.3 is 5.97 Å². The SMILES string of the molecule is COC(=O)c1cc(OC)ccc1NC(=O)COCCOc1ccccc1. The van der Waals surface area contributed by atoms with Crippen LogP contribution in [0.1, 0.15) is 10.4 Å². The van der Waals surface area contributed by atoms with Crippen LogP contribution in [-0.4, -0.2) is 45.9 Å². The Morgan fingerprint density at radius 3 is 2.42 bits per heavy atom. The molecule has 138 valence electrons. The highest BCUT2D eigenvalue weighted by Gasteiger charge is 2.15. The molecule has 0 bridgehead atoms. The van der Waals surface area contributed by atoms with Crippen molar-refractivity contribution in [2.75, 3.05) is 39.4 Å². The molecule has 1 amide bonds. The lowest BCUT2D eigenvalue weighted by Gasteiger charge is -2.12. The fraction of sp³-hybridized carbons (Fsp3) is 0.263. The molecule has 7 nitrogen and oxygen atoms in total. The van der Waals surface area contributed by atoms with E-state index in [-0.39, 0.29) is 24.7 Å². The number of ether oxygens (including phenoxy) is 4. The molecule has 0 aliphatic carbocycles. The number of amides is 1. The van der Waals surface area contributed by atoms with Crippen molar-refractivity contribution < 1.29 is 28.5 Å². The quantitative estimate of drug-likeness (QED) is 0.547. The molecule has 2 aromatic rings. The van der Waals surface area contributed by atoms with Crippen LogP contribution in [0.5, 0.6) is 11.5 Å². The summed E-state index contributed by atoms with van der Waals surface area (Å²) in [5.74, 6) is 0.260. The van der Waals surface area contributed by atoms with Gasteiger partial charge in [-0.05, 0) is 30.3 Å². The molecule has 0 spiro atoms. The summed E-state index contributed by atoms with van der Waals surface area (Å²) in [6, 6.07) is 14.0. The van der Waals surface area contributed by atoms with Crippen molar-refractivity contribution in [2.45, 2.75) is 0 Å². The Morgan fingerprint density at radius 1 is 0.962 bits per heavy atom. The molecule has 0 saturated heterocycles. The van der Waals surface area contributed by atoms with Gasteiger partial charge in [0.2, 0.25) is 5.91 Å². The molecule has 0 radical (unpaired) electrons. The predicted octanol–water partition coefficient (Wildman–Crippen LogP) is 2.52. The summed E-state index contributed by atoms with van der Waals surface area (Å²) in [6.45, 7) is 0.423. The van der Waals surface area contributed by atoms with Gasteiger partial charge in [-0.2, -0.15) is 0 Å². The minimum atomic E-state index is -0.573. The number of para-hydroxylation sites is 1. The third-order valence-electron chi connectivity index (χ3n) is 3.38. The van der Waals surface area contributed by atoms with Crippen LogP contribution in [0.2, 0.25) is 0 Å². The van der Waals surface area contributed by atoms with Crippen molar-refractivity contribution in [3.05, 3.63) is 54.1 Å². The Morgan fingerprint density at radius 2 is 1.73 bits per heavy atom. The number of carbonyl (C=O) groups excluding carboxylic acids is 2. The summed E-state index contributed by atoms with van der Waals surface area (Å²) in [7, 11) is 2.75. The van der Waals surface area contributed by atoms with Crippen molar-refractivity contribution in [1.29, 1.82) is 0 Å². The van der Waals surface area contributed by atoms with Gasteiger partial charge in [0.15, 0.2) is 0 Å². The monoisotopic (exact) mass is 359 g/mol. The molecule has 0 fully saturated rings. The van der Waals surface area contributed by atoms with Crippen molar-refractivity contribution in [1.82, 2.24) is 0 Å². The summed E-state index contributed by atoms with van der Waals surface area (Å²) in [6.07, 6.45) is 0. The van der Waals surface area contributed by atoms with Gasteiger partial charge in [-0.1, -0.05) is 18.2 Å². The number of anilines is 1. The van der Waals surface area contributed by atoms with Crippen LogP contribution in [0.15, 0.2) is 48.5 Å². The zero-order chi connectivity index (χ0) is 18.8. The number of hydrogen-bond donors (Lipinski definition) is 1. The number of methoxy groups -OCH3 is 2. The maximum absolute atomic E-state index is 12.0. The number of nitrogens with one attached hydrogen (secondary N) is 1. The van der Waals surface area contributed by atoms with Crippen LogP contribution in [0.3, 0.4) is 0 Å². The number of hydrogen-bond acceptors (Lipinski definition) is 6. The molecule has 0 heterocycles. The molecule has 2 aromatic carbocycles. The van der Waals surface area contributed by atoms with Crippen LogP contribution in [0.25, 0.3) is 0 Å². The first kappa shape index (κ1) is 19.3. The molecule has 0 aliphatic heterocycles. The topological polar surface area (TPSA) is 83.1 Å². The van der Waals surface area contributed by atoms with Crippen LogP contribution in [-0.2, 0) is 14.3 Å². The maximum Gasteiger partial charge on any atom is 0.340 e. The molecular formula is C19H21NO6. The zero-order valence-electron chi connectivity index (χ0n) is 14.7. The fourth-order valence-electron chi connectivity index (χ4n) is 2.12. The summed E-state index contributed by atoms with van der Waals surface area (Å²) in [5, 5.41) is 2.62. The standard InChI is InChI=1S/C19H21NO6/c1-23-15-8-9-17(16(12-15)19(22)24-2)20-18(21)13-25-10-11-26-14-6-4-3-5-7-14/h3-9,12H,10-11,13H2,1-2H3,(H,20,21). The second-order valence-electron chi connectivity index (χ2n) is 5.17. The molecule has 26 heavy (non-hydrogen) atoms. The van der Waals surface area contributed by atoms with Gasteiger partial charge in [-0.25, -0.2) is 4.79 Å². The molecular weight excluding hydrogens is 338 g/mol. The third-order valence-corrected chi connectivity index (χ3v) is 3.38. The van der Waals surface area contributed by atoms with Crippen molar-refractivity contribution in [3.63, 3.8) is 0 Å². The first-order valence-corrected chi connectivity index (χ1v) is 7.96. The fourth-order valence-corrected chi connectivity index (χ4v) is 2.12. The minimum Gasteiger partial charge on any atom is -0.497 e. The van der Waals surface area contributed by atoms with Gasteiger partial charge in [-0.3, -0.25) is 4.79 Å². The van der Waals surface area contributed by atoms with Gasteiger partial charge in [0.1, 0.15) is 24.7 Å². The minimum absolute atomic E-state index is 0.162. The Balaban J connectivity index is 1.81. The van der Waals surface area contributed by atoms with E-state index < -0.39 is 5.97 Å². The maximum atomic E-state index is 12.0. The van der Waals surface area contributed by atoms with Gasteiger partial charge in [0, 0.05) is 0 Å². The number of carbonyl (C=O) groups is 2. The van der Waals surface area contributed by atoms with Gasteiger partial charge in [0.05, 0.1) is 32.1 Å². The largest absolute Gasteiger partial charge is 0.497 e. The van der Waals surface area contributed by atoms with Gasteiger partial charge in [0.25, 0.3) is 0 Å². The summed E-state index contributed by atoms with van der Waals surface area (Å²) in [4.78, 5) is 23.8. The number of benzene rings is 2. The molecule has 0 saturated carbocycles. The molecule has 0 aromatic heterocycles. The molecule has 1 N–H and O–H groups in total. The summed E-state index contributed by atoms with van der Waals surface area (Å²) >= 11 is 0. The van der Waals surface area contributed by atoms with E-state index in [2.05, 4.69) is 5.32 Å². The van der Waals surface area contributed by atoms with E-state index in [1.807, 2.05) is 30.3 Å². The Kier molecular flexibility index (Phi) is 7.45. The Hall–Kier alpha value is -3.06. The smallest absolute Gasteiger partial charge is 0.340 e. The Bertz CT molecular complexity index is 732. The first-order valence-electron chi connectivity index (χ1n) is 7.96. The molecule has 2 rings (SSSR count). The van der Waals surface area contributed by atoms with E-state index in [1.165, 1.54) is 20.3 Å². The van der Waals surface area contributed by atoms with E-state index in [0.29, 0.717) is 18.0 Å². The second kappa shape index (κ2) is 10.0. The van der Waals surface area contributed by atoms with Crippen LogP contribution < -0.4 is 14.8 Å². The molecule has 7 heteroatoms. The van der Waals surface area contributed by atoms with Crippen molar-refractivity contribution in [2.24, 2.45) is 0 Å². The van der Waals surface area contributed by atoms with Crippen LogP contribution in [0, 0.1) is 0 Å². The number of esters is 1. The van der Waals surface area contributed by atoms with Crippen LogP contribution >= 0.6 is 0 Å². The highest BCUT2D eigenvalue weighted by atomic mass is 16.5. The summed E-state index contributed by atoms with van der Waals surface area (Å²) in [5.41, 5.74) is 0.527. The average molecular weight is 359 g/mol. The molecule has 0 unspecified atom stereocenters. The van der Waals surface area contributed by atoms with Gasteiger partial charge in [-0.15, -0.1) is 0 Å². The average Bonchev–Trinajstić information content (AvgIpc) is 2.68. The lowest BCUT2D eigenvalue weighted by Crippen LogP contribution is -2.21. The third kappa shape index (κ3) is 5.78. The van der Waals surface area contributed by atoms with Gasteiger partial charge < -0.3 is 24.3 Å². The summed E-state index contributed by atoms with van der Waals surface area (Å²) < 4.78 is 20.5. The molecule has 0 aliphatic rings. The van der Waals surface area contributed by atoms with E-state index in [9.17, 15) is 9.59 Å². The van der Waals surface area contributed by atoms with E-state index in [4.69, 9.17) is 18.9 Å². The highest BCUT2D eigenvalue weighted by Crippen LogP contribution is 2.22. The van der Waals surface area contributed by atoms with E-state index in [0.717, 1.165) is 5.75 Å². The molecule has 0 atom stereocenters. The van der Waals surface area contributed by atoms with Crippen LogP contribution in [0.4, 0.5) is 5.69 Å².